The molecule has 0 atom stereocenters. The molecule has 0 saturated carbocycles. The van der Waals surface area contributed by atoms with Crippen LogP contribution in [0.5, 0.6) is 0 Å². The first kappa shape index (κ1) is 19.2. The molecule has 1 N–H and O–H groups in total. The number of hydrogen-bond donors (Lipinski definition) is 1. The van der Waals surface area contributed by atoms with E-state index in [1.807, 2.05) is 42.5 Å². The Balaban J connectivity index is 1.79. The Hall–Kier alpha value is -2.59. The van der Waals surface area contributed by atoms with Crippen LogP contribution >= 0.6 is 11.6 Å². The lowest BCUT2D eigenvalue weighted by atomic mass is 9.86. The van der Waals surface area contributed by atoms with Gasteiger partial charge in [-0.3, -0.25) is 4.79 Å². The highest BCUT2D eigenvalue weighted by atomic mass is 35.5. The average Bonchev–Trinajstić information content (AvgIpc) is 2.89. The van der Waals surface area contributed by atoms with E-state index in [2.05, 4.69) is 43.3 Å². The Morgan fingerprint density at radius 2 is 1.70 bits per heavy atom. The van der Waals surface area contributed by atoms with Crippen LogP contribution in [0.15, 0.2) is 59.2 Å². The zero-order valence-corrected chi connectivity index (χ0v) is 16.8. The van der Waals surface area contributed by atoms with Crippen molar-refractivity contribution in [1.82, 2.24) is 5.01 Å². The molecular weight excluding hydrogens is 358 g/mol. The van der Waals surface area contributed by atoms with Crippen molar-refractivity contribution >= 4 is 35.0 Å². The van der Waals surface area contributed by atoms with Gasteiger partial charge in [-0.25, -0.2) is 5.01 Å². The zero-order valence-electron chi connectivity index (χ0n) is 16.1. The number of amides is 1. The quantitative estimate of drug-likeness (QED) is 0.760. The van der Waals surface area contributed by atoms with Crippen LogP contribution in [0.4, 0.5) is 5.69 Å². The summed E-state index contributed by atoms with van der Waals surface area (Å²) >= 11 is 5.92. The summed E-state index contributed by atoms with van der Waals surface area (Å²) in [5.41, 5.74) is 4.61. The highest BCUT2D eigenvalue weighted by Crippen LogP contribution is 2.24. The normalized spacial score (nSPS) is 16.0. The lowest BCUT2D eigenvalue weighted by Crippen LogP contribution is -2.19. The molecule has 0 radical (unpaired) electrons. The number of carbonyl (C=O) groups excluding carboxylic acids is 1. The minimum absolute atomic E-state index is 0.0946. The number of anilines is 1. The van der Waals surface area contributed by atoms with E-state index in [4.69, 9.17) is 11.6 Å². The minimum Gasteiger partial charge on any atom is -0.379 e. The third kappa shape index (κ3) is 4.58. The molecule has 1 aliphatic heterocycles. The van der Waals surface area contributed by atoms with Crippen molar-refractivity contribution < 1.29 is 4.79 Å². The van der Waals surface area contributed by atoms with Crippen molar-refractivity contribution in [2.45, 2.75) is 26.2 Å². The van der Waals surface area contributed by atoms with Crippen molar-refractivity contribution in [2.24, 2.45) is 5.10 Å². The molecule has 4 nitrogen and oxygen atoms in total. The highest BCUT2D eigenvalue weighted by Gasteiger charge is 2.27. The van der Waals surface area contributed by atoms with Gasteiger partial charge < -0.3 is 5.32 Å². The van der Waals surface area contributed by atoms with Crippen LogP contribution < -0.4 is 5.32 Å². The van der Waals surface area contributed by atoms with Gasteiger partial charge in [-0.05, 0) is 46.9 Å². The summed E-state index contributed by atoms with van der Waals surface area (Å²) in [6.45, 7) is 7.01. The van der Waals surface area contributed by atoms with Gasteiger partial charge in [-0.2, -0.15) is 5.10 Å². The van der Waals surface area contributed by atoms with Crippen LogP contribution in [0.1, 0.15) is 31.9 Å². The molecule has 1 amide bonds. The second kappa shape index (κ2) is 7.57. The fourth-order valence-electron chi connectivity index (χ4n) is 2.85. The van der Waals surface area contributed by atoms with Crippen LogP contribution in [0.25, 0.3) is 6.08 Å². The molecule has 5 heteroatoms. The molecular formula is C22H24ClN3O. The van der Waals surface area contributed by atoms with Gasteiger partial charge in [0.2, 0.25) is 0 Å². The summed E-state index contributed by atoms with van der Waals surface area (Å²) in [5, 5.41) is 9.74. The number of hydrogen-bond acceptors (Lipinski definition) is 3. The molecule has 0 aliphatic carbocycles. The number of hydrazone groups is 1. The predicted molar refractivity (Wildman–Crippen MR) is 113 cm³/mol. The molecule has 0 aromatic heterocycles. The maximum atomic E-state index is 12.5. The number of nitrogens with zero attached hydrogens (tertiary/aromatic N) is 2. The van der Waals surface area contributed by atoms with Crippen molar-refractivity contribution in [3.05, 3.63) is 70.3 Å². The molecule has 140 valence electrons. The standard InChI is InChI=1S/C22H24ClN3O/c1-22(2,3)16-7-5-15(6-8-16)13-19-20(25-26(4)21(19)27)14-24-18-11-9-17(23)10-12-18/h5-13,24H,14H2,1-4H3. The summed E-state index contributed by atoms with van der Waals surface area (Å²) in [7, 11) is 1.67. The van der Waals surface area contributed by atoms with Crippen LogP contribution in [0.2, 0.25) is 5.02 Å². The van der Waals surface area contributed by atoms with Crippen molar-refractivity contribution in [2.75, 3.05) is 18.9 Å². The minimum atomic E-state index is -0.0946. The SMILES string of the molecule is CN1N=C(CNc2ccc(Cl)cc2)C(=Cc2ccc(C(C)(C)C)cc2)C1=O. The fourth-order valence-corrected chi connectivity index (χ4v) is 2.98. The molecule has 0 fully saturated rings. The summed E-state index contributed by atoms with van der Waals surface area (Å²) < 4.78 is 0. The molecule has 0 unspecified atom stereocenters. The Morgan fingerprint density at radius 1 is 1.07 bits per heavy atom. The van der Waals surface area contributed by atoms with Crippen molar-refractivity contribution in [3.63, 3.8) is 0 Å². The lowest BCUT2D eigenvalue weighted by molar-refractivity contribution is -0.124. The van der Waals surface area contributed by atoms with Gasteiger partial charge in [0.1, 0.15) is 0 Å². The largest absolute Gasteiger partial charge is 0.379 e. The topological polar surface area (TPSA) is 44.7 Å². The first-order valence-electron chi connectivity index (χ1n) is 8.91. The van der Waals surface area contributed by atoms with E-state index in [1.165, 1.54) is 10.6 Å². The molecule has 27 heavy (non-hydrogen) atoms. The van der Waals surface area contributed by atoms with Gasteiger partial charge in [-0.15, -0.1) is 0 Å². The number of nitrogens with one attached hydrogen (secondary N) is 1. The maximum Gasteiger partial charge on any atom is 0.275 e. The molecule has 1 heterocycles. The molecule has 0 saturated heterocycles. The van der Waals surface area contributed by atoms with Crippen LogP contribution in [0.3, 0.4) is 0 Å². The van der Waals surface area contributed by atoms with Gasteiger partial charge in [0, 0.05) is 17.8 Å². The zero-order chi connectivity index (χ0) is 19.6. The first-order chi connectivity index (χ1) is 12.7. The lowest BCUT2D eigenvalue weighted by Gasteiger charge is -2.18. The summed E-state index contributed by atoms with van der Waals surface area (Å²) in [4.78, 5) is 12.5. The fraction of sp³-hybridized carbons (Fsp3) is 0.273. The van der Waals surface area contributed by atoms with E-state index in [0.717, 1.165) is 17.0 Å². The van der Waals surface area contributed by atoms with Crippen LogP contribution in [-0.4, -0.2) is 30.2 Å². The maximum absolute atomic E-state index is 12.5. The number of halogens is 1. The molecule has 3 rings (SSSR count). The Morgan fingerprint density at radius 3 is 2.30 bits per heavy atom. The van der Waals surface area contributed by atoms with Crippen LogP contribution in [-0.2, 0) is 10.2 Å². The molecule has 2 aromatic rings. The predicted octanol–water partition coefficient (Wildman–Crippen LogP) is 4.96. The van der Waals surface area contributed by atoms with Gasteiger partial charge >= 0.3 is 0 Å². The molecule has 2 aromatic carbocycles. The second-order valence-corrected chi connectivity index (χ2v) is 8.10. The number of rotatable bonds is 4. The Bertz CT molecular complexity index is 891. The highest BCUT2D eigenvalue weighted by molar-refractivity contribution is 6.30. The van der Waals surface area contributed by atoms with E-state index in [-0.39, 0.29) is 11.3 Å². The van der Waals surface area contributed by atoms with E-state index in [9.17, 15) is 4.79 Å². The van der Waals surface area contributed by atoms with E-state index < -0.39 is 0 Å². The summed E-state index contributed by atoms with van der Waals surface area (Å²) in [5.74, 6) is -0.0946. The third-order valence-corrected chi connectivity index (χ3v) is 4.75. The van der Waals surface area contributed by atoms with Gasteiger partial charge in [-0.1, -0.05) is 56.6 Å². The smallest absolute Gasteiger partial charge is 0.275 e. The van der Waals surface area contributed by atoms with E-state index >= 15 is 0 Å². The number of benzene rings is 2. The monoisotopic (exact) mass is 381 g/mol. The number of likely N-dealkylation sites (N-methyl/N-ethyl adjacent to an activating group) is 1. The van der Waals surface area contributed by atoms with Crippen molar-refractivity contribution in [3.8, 4) is 0 Å². The van der Waals surface area contributed by atoms with Crippen molar-refractivity contribution in [1.29, 1.82) is 0 Å². The second-order valence-electron chi connectivity index (χ2n) is 7.67. The Kier molecular flexibility index (Phi) is 5.38. The third-order valence-electron chi connectivity index (χ3n) is 4.50. The van der Waals surface area contributed by atoms with E-state index in [1.54, 1.807) is 7.05 Å². The summed E-state index contributed by atoms with van der Waals surface area (Å²) in [6, 6.07) is 15.8. The van der Waals surface area contributed by atoms with Crippen LogP contribution in [0, 0.1) is 0 Å². The molecule has 0 bridgehead atoms. The Labute approximate surface area is 165 Å². The summed E-state index contributed by atoms with van der Waals surface area (Å²) in [6.07, 6.45) is 1.90. The molecule has 1 aliphatic rings. The molecule has 0 spiro atoms. The number of carbonyl (C=O) groups is 1. The van der Waals surface area contributed by atoms with Gasteiger partial charge in [0.25, 0.3) is 5.91 Å². The average molecular weight is 382 g/mol. The van der Waals surface area contributed by atoms with Gasteiger partial charge in [0.05, 0.1) is 17.8 Å². The van der Waals surface area contributed by atoms with E-state index in [0.29, 0.717) is 17.1 Å². The van der Waals surface area contributed by atoms with Gasteiger partial charge in [0.15, 0.2) is 0 Å². The first-order valence-corrected chi connectivity index (χ1v) is 9.29.